The Balaban J connectivity index is 1.40. The summed E-state index contributed by atoms with van der Waals surface area (Å²) in [7, 11) is 4.76. The van der Waals surface area contributed by atoms with Gasteiger partial charge in [0.05, 0.1) is 48.3 Å². The highest BCUT2D eigenvalue weighted by molar-refractivity contribution is 6.30. The van der Waals surface area contributed by atoms with Crippen LogP contribution in [0.4, 0.5) is 0 Å². The van der Waals surface area contributed by atoms with Crippen LogP contribution in [0.1, 0.15) is 101 Å². The van der Waals surface area contributed by atoms with Crippen LogP contribution in [0.3, 0.4) is 0 Å². The zero-order valence-corrected chi connectivity index (χ0v) is 29.8. The lowest BCUT2D eigenvalue weighted by Crippen LogP contribution is -2.57. The fraction of sp³-hybridized carbons (Fsp3) is 0.568. The van der Waals surface area contributed by atoms with Crippen LogP contribution in [0.2, 0.25) is 0 Å². The van der Waals surface area contributed by atoms with E-state index in [1.807, 2.05) is 19.0 Å². The van der Waals surface area contributed by atoms with Crippen molar-refractivity contribution in [1.29, 1.82) is 0 Å². The van der Waals surface area contributed by atoms with E-state index in [1.54, 1.807) is 13.8 Å². The molecule has 0 bridgehead atoms. The molecule has 0 amide bonds. The number of ether oxygens (including phenoxy) is 5. The van der Waals surface area contributed by atoms with E-state index in [-0.39, 0.29) is 46.7 Å². The summed E-state index contributed by atoms with van der Waals surface area (Å²) in [6, 6.07) is 4.88. The van der Waals surface area contributed by atoms with Crippen molar-refractivity contribution in [2.45, 2.75) is 113 Å². The SMILES string of the molecule is COC(=O)[C@H]1c2cc3c(c(O)c2[C@@H](O[C@@H]2C[C@@H](N(C)C)[C@H](O[C@H]4C[C@H](O)[C@H](O)[C@@H](C)O4)[C@H](C)O2)C[C@]1(O)CC(C)=O)C(=O)c1c(O)cccc1C3=O. The van der Waals surface area contributed by atoms with Gasteiger partial charge in [-0.3, -0.25) is 19.2 Å². The number of aromatic hydroxyl groups is 2. The number of carbonyl (C=O) groups is 4. The molecule has 2 fully saturated rings. The monoisotopic (exact) mass is 727 g/mol. The molecule has 0 aromatic heterocycles. The van der Waals surface area contributed by atoms with Crippen molar-refractivity contribution >= 4 is 23.3 Å². The second-order valence-corrected chi connectivity index (χ2v) is 14.5. The number of ketones is 3. The topological polar surface area (TPSA) is 219 Å². The van der Waals surface area contributed by atoms with E-state index in [0.717, 1.165) is 7.11 Å². The van der Waals surface area contributed by atoms with Crippen LogP contribution in [0.25, 0.3) is 0 Å². The number of hydrogen-bond acceptors (Lipinski definition) is 15. The highest BCUT2D eigenvalue weighted by Crippen LogP contribution is 2.54. The third-order valence-corrected chi connectivity index (χ3v) is 10.7. The smallest absolute Gasteiger partial charge is 0.316 e. The number of carbonyl (C=O) groups excluding carboxylic acids is 4. The van der Waals surface area contributed by atoms with Gasteiger partial charge in [0.1, 0.15) is 35.4 Å². The molecule has 5 N–H and O–H groups in total. The van der Waals surface area contributed by atoms with E-state index in [9.17, 15) is 44.7 Å². The molecule has 2 aromatic rings. The number of esters is 1. The van der Waals surface area contributed by atoms with Crippen LogP contribution in [0, 0.1) is 0 Å². The van der Waals surface area contributed by atoms with E-state index >= 15 is 0 Å². The van der Waals surface area contributed by atoms with E-state index in [1.165, 1.54) is 31.2 Å². The van der Waals surface area contributed by atoms with E-state index in [2.05, 4.69) is 0 Å². The summed E-state index contributed by atoms with van der Waals surface area (Å²) in [5.41, 5.74) is -3.30. The number of phenolic OH excluding ortho intramolecular Hbond substituents is 2. The number of benzene rings is 2. The van der Waals surface area contributed by atoms with Crippen molar-refractivity contribution in [3.63, 3.8) is 0 Å². The third kappa shape index (κ3) is 6.53. The van der Waals surface area contributed by atoms with Gasteiger partial charge in [-0.2, -0.15) is 0 Å². The van der Waals surface area contributed by atoms with Crippen molar-refractivity contribution in [2.75, 3.05) is 21.2 Å². The summed E-state index contributed by atoms with van der Waals surface area (Å²) >= 11 is 0. The molecule has 15 nitrogen and oxygen atoms in total. The van der Waals surface area contributed by atoms with E-state index in [4.69, 9.17) is 23.7 Å². The fourth-order valence-corrected chi connectivity index (χ4v) is 8.23. The molecule has 4 aliphatic rings. The first-order chi connectivity index (χ1) is 24.5. The number of phenols is 2. The highest BCUT2D eigenvalue weighted by Gasteiger charge is 2.54. The predicted octanol–water partition coefficient (Wildman–Crippen LogP) is 1.61. The fourth-order valence-electron chi connectivity index (χ4n) is 8.23. The van der Waals surface area contributed by atoms with Gasteiger partial charge in [-0.15, -0.1) is 0 Å². The van der Waals surface area contributed by atoms with Crippen molar-refractivity contribution in [1.82, 2.24) is 4.90 Å². The molecule has 11 atom stereocenters. The van der Waals surface area contributed by atoms with Crippen molar-refractivity contribution in [2.24, 2.45) is 0 Å². The predicted molar refractivity (Wildman–Crippen MR) is 179 cm³/mol. The van der Waals surface area contributed by atoms with Crippen LogP contribution in [-0.4, -0.2) is 130 Å². The zero-order valence-electron chi connectivity index (χ0n) is 29.8. The summed E-state index contributed by atoms with van der Waals surface area (Å²) < 4.78 is 30.0. The minimum atomic E-state index is -2.11. The lowest BCUT2D eigenvalue weighted by Gasteiger charge is -2.48. The van der Waals surface area contributed by atoms with Gasteiger partial charge in [-0.05, 0) is 52.6 Å². The molecule has 15 heteroatoms. The average Bonchev–Trinajstić information content (AvgIpc) is 3.05. The molecule has 2 aromatic carbocycles. The average molecular weight is 728 g/mol. The first-order valence-corrected chi connectivity index (χ1v) is 17.2. The summed E-state index contributed by atoms with van der Waals surface area (Å²) in [5, 5.41) is 55.1. The second kappa shape index (κ2) is 14.2. The molecule has 52 heavy (non-hydrogen) atoms. The number of aliphatic hydroxyl groups excluding tert-OH is 2. The summed E-state index contributed by atoms with van der Waals surface area (Å²) in [6.07, 6.45) is -7.86. The minimum Gasteiger partial charge on any atom is -0.507 e. The molecule has 6 rings (SSSR count). The number of fused-ring (bicyclic) bond motifs is 3. The minimum absolute atomic E-state index is 0.0385. The Morgan fingerprint density at radius 3 is 2.27 bits per heavy atom. The maximum atomic E-state index is 13.9. The Labute approximate surface area is 300 Å². The number of likely N-dealkylation sites (N-methyl/N-ethyl adjacent to an activating group) is 1. The van der Waals surface area contributed by atoms with Gasteiger partial charge in [0.25, 0.3) is 0 Å². The maximum Gasteiger partial charge on any atom is 0.316 e. The molecule has 0 spiro atoms. The standard InChI is InChI=1S/C37H45NO14/c1-15(39)13-37(47)14-24(51-25-11-21(38(4)5)35(17(3)50-25)52-26-12-23(41)31(42)16(2)49-26)28-19(30(37)36(46)48-6)10-20-29(34(28)45)33(44)27-18(32(20)43)8-7-9-22(27)40/h7-10,16-17,21,23-26,30-31,35,40-42,45,47H,11-14H2,1-6H3/t16-,17+,21-,23+,24+,25-,26+,30-,31-,35-,37-/m1/s1. The maximum absolute atomic E-state index is 13.9. The van der Waals surface area contributed by atoms with Gasteiger partial charge in [0.2, 0.25) is 5.78 Å². The normalized spacial score (nSPS) is 34.3. The highest BCUT2D eigenvalue weighted by atomic mass is 16.7. The molecular formula is C37H45NO14. The zero-order chi connectivity index (χ0) is 38.0. The first-order valence-electron chi connectivity index (χ1n) is 17.2. The molecule has 282 valence electrons. The number of Topliss-reactive ketones (excluding diaryl/α,β-unsaturated/α-hetero) is 1. The number of hydrogen-bond donors (Lipinski definition) is 5. The van der Waals surface area contributed by atoms with Gasteiger partial charge in [-0.1, -0.05) is 12.1 Å². The van der Waals surface area contributed by atoms with Crippen LogP contribution >= 0.6 is 0 Å². The quantitative estimate of drug-likeness (QED) is 0.208. The van der Waals surface area contributed by atoms with Crippen LogP contribution in [0.5, 0.6) is 11.5 Å². The molecule has 2 heterocycles. The Hall–Kier alpha value is -3.80. The number of methoxy groups -OCH3 is 1. The number of rotatable bonds is 8. The second-order valence-electron chi connectivity index (χ2n) is 14.5. The summed E-state index contributed by atoms with van der Waals surface area (Å²) in [4.78, 5) is 55.5. The van der Waals surface area contributed by atoms with Gasteiger partial charge in [0.15, 0.2) is 18.4 Å². The van der Waals surface area contributed by atoms with Gasteiger partial charge >= 0.3 is 5.97 Å². The van der Waals surface area contributed by atoms with Crippen molar-refractivity contribution in [3.05, 3.63) is 57.6 Å². The van der Waals surface area contributed by atoms with E-state index in [0.29, 0.717) is 0 Å². The molecule has 2 saturated heterocycles. The van der Waals surface area contributed by atoms with Crippen molar-refractivity contribution < 1.29 is 68.4 Å². The lowest BCUT2D eigenvalue weighted by atomic mass is 9.66. The molecule has 0 radical (unpaired) electrons. The Bertz CT molecular complexity index is 1760. The Kier molecular flexibility index (Phi) is 10.4. The number of nitrogens with zero attached hydrogens (tertiary/aromatic N) is 1. The molecular weight excluding hydrogens is 682 g/mol. The molecule has 2 aliphatic heterocycles. The van der Waals surface area contributed by atoms with Crippen molar-refractivity contribution in [3.8, 4) is 11.5 Å². The third-order valence-electron chi connectivity index (χ3n) is 10.7. The molecule has 0 saturated carbocycles. The van der Waals surface area contributed by atoms with E-state index < -0.39 is 114 Å². The number of aliphatic hydroxyl groups is 3. The van der Waals surface area contributed by atoms with Crippen LogP contribution in [-0.2, 0) is 33.3 Å². The Morgan fingerprint density at radius 1 is 0.962 bits per heavy atom. The summed E-state index contributed by atoms with van der Waals surface area (Å²) in [6.45, 7) is 4.64. The van der Waals surface area contributed by atoms with Crippen LogP contribution in [0.15, 0.2) is 24.3 Å². The van der Waals surface area contributed by atoms with Gasteiger partial charge in [-0.25, -0.2) is 0 Å². The first kappa shape index (κ1) is 37.9. The van der Waals surface area contributed by atoms with Crippen LogP contribution < -0.4 is 0 Å². The summed E-state index contributed by atoms with van der Waals surface area (Å²) in [5.74, 6) is -5.63. The largest absolute Gasteiger partial charge is 0.507 e. The van der Waals surface area contributed by atoms with Gasteiger partial charge < -0.3 is 54.1 Å². The molecule has 0 unspecified atom stereocenters. The lowest BCUT2D eigenvalue weighted by molar-refractivity contribution is -0.310. The van der Waals surface area contributed by atoms with Gasteiger partial charge in [0, 0.05) is 48.4 Å². The molecule has 2 aliphatic carbocycles. The Morgan fingerprint density at radius 2 is 1.63 bits per heavy atom.